The molecule has 2 aromatic carbocycles. The number of fused-ring (bicyclic) bond motifs is 2. The zero-order valence-electron chi connectivity index (χ0n) is 14.7. The van der Waals surface area contributed by atoms with Crippen LogP contribution in [0.15, 0.2) is 78.0 Å². The number of rotatable bonds is 3. The van der Waals surface area contributed by atoms with E-state index in [0.717, 1.165) is 5.56 Å². The molecule has 0 saturated heterocycles. The van der Waals surface area contributed by atoms with Gasteiger partial charge < -0.3 is 4.57 Å². The molecule has 0 spiro atoms. The maximum Gasteiger partial charge on any atom is 0.262 e. The molecule has 3 heterocycles. The standard InChI is InChI=1S/C21H14FN5O/c22-16-8-6-15(7-9-16)19-18-17(25-21-23-13-24-27(19)21)10-11-26(20(18)28)12-14-4-2-1-3-5-14/h1-11,13H,12H2. The molecular formula is C21H14FN5O. The summed E-state index contributed by atoms with van der Waals surface area (Å²) < 4.78 is 16.6. The molecule has 5 rings (SSSR count). The van der Waals surface area contributed by atoms with Crippen molar-refractivity contribution >= 4 is 16.7 Å². The van der Waals surface area contributed by atoms with Gasteiger partial charge in [-0.05, 0) is 35.9 Å². The molecule has 0 radical (unpaired) electrons. The van der Waals surface area contributed by atoms with Crippen molar-refractivity contribution < 1.29 is 4.39 Å². The van der Waals surface area contributed by atoms with Crippen LogP contribution in [0.25, 0.3) is 27.9 Å². The third-order valence-corrected chi connectivity index (χ3v) is 4.66. The first kappa shape index (κ1) is 16.3. The van der Waals surface area contributed by atoms with E-state index in [-0.39, 0.29) is 11.4 Å². The zero-order chi connectivity index (χ0) is 19.1. The molecule has 0 fully saturated rings. The van der Waals surface area contributed by atoms with E-state index in [2.05, 4.69) is 15.1 Å². The van der Waals surface area contributed by atoms with Gasteiger partial charge in [-0.1, -0.05) is 30.3 Å². The van der Waals surface area contributed by atoms with Gasteiger partial charge in [-0.25, -0.2) is 9.37 Å². The Bertz CT molecular complexity index is 1360. The first-order chi connectivity index (χ1) is 13.7. The summed E-state index contributed by atoms with van der Waals surface area (Å²) in [6.07, 6.45) is 3.11. The van der Waals surface area contributed by atoms with Crippen LogP contribution in [0.5, 0.6) is 0 Å². The van der Waals surface area contributed by atoms with Crippen molar-refractivity contribution in [3.8, 4) is 11.3 Å². The molecule has 28 heavy (non-hydrogen) atoms. The summed E-state index contributed by atoms with van der Waals surface area (Å²) in [5.74, 6) is 0.0328. The minimum atomic E-state index is -0.349. The molecule has 136 valence electrons. The maximum atomic E-state index is 13.4. The summed E-state index contributed by atoms with van der Waals surface area (Å²) in [4.78, 5) is 21.9. The average molecular weight is 371 g/mol. The summed E-state index contributed by atoms with van der Waals surface area (Å²) in [5, 5.41) is 4.64. The van der Waals surface area contributed by atoms with Gasteiger partial charge in [0.15, 0.2) is 0 Å². The first-order valence-corrected chi connectivity index (χ1v) is 8.73. The normalized spacial score (nSPS) is 11.3. The molecule has 0 saturated carbocycles. The highest BCUT2D eigenvalue weighted by Gasteiger charge is 2.17. The molecule has 0 unspecified atom stereocenters. The van der Waals surface area contributed by atoms with E-state index in [0.29, 0.717) is 34.5 Å². The van der Waals surface area contributed by atoms with Gasteiger partial charge in [-0.15, -0.1) is 0 Å². The van der Waals surface area contributed by atoms with E-state index < -0.39 is 0 Å². The van der Waals surface area contributed by atoms with Crippen LogP contribution in [0, 0.1) is 5.82 Å². The van der Waals surface area contributed by atoms with Gasteiger partial charge in [0, 0.05) is 11.8 Å². The fourth-order valence-electron chi connectivity index (χ4n) is 3.34. The molecule has 5 aromatic rings. The molecule has 0 aliphatic rings. The molecule has 7 heteroatoms. The van der Waals surface area contributed by atoms with Crippen LogP contribution in [0.3, 0.4) is 0 Å². The highest BCUT2D eigenvalue weighted by Crippen LogP contribution is 2.26. The number of nitrogens with zero attached hydrogens (tertiary/aromatic N) is 5. The number of halogens is 1. The van der Waals surface area contributed by atoms with Crippen molar-refractivity contribution in [1.29, 1.82) is 0 Å². The molecule has 3 aromatic heterocycles. The van der Waals surface area contributed by atoms with Crippen LogP contribution in [-0.2, 0) is 6.54 Å². The van der Waals surface area contributed by atoms with Crippen LogP contribution in [0.4, 0.5) is 4.39 Å². The minimum Gasteiger partial charge on any atom is -0.310 e. The van der Waals surface area contributed by atoms with Gasteiger partial charge in [-0.2, -0.15) is 14.6 Å². The largest absolute Gasteiger partial charge is 0.310 e. The highest BCUT2D eigenvalue weighted by molar-refractivity contribution is 5.93. The zero-order valence-corrected chi connectivity index (χ0v) is 14.7. The second kappa shape index (κ2) is 6.38. The number of aromatic nitrogens is 5. The Morgan fingerprint density at radius 3 is 2.54 bits per heavy atom. The van der Waals surface area contributed by atoms with Crippen molar-refractivity contribution in [3.63, 3.8) is 0 Å². The fraction of sp³-hybridized carbons (Fsp3) is 0.0476. The lowest BCUT2D eigenvalue weighted by atomic mass is 10.1. The van der Waals surface area contributed by atoms with E-state index in [4.69, 9.17) is 0 Å². The fourth-order valence-corrected chi connectivity index (χ4v) is 3.34. The van der Waals surface area contributed by atoms with Gasteiger partial charge in [0.05, 0.1) is 23.1 Å². The monoisotopic (exact) mass is 371 g/mol. The van der Waals surface area contributed by atoms with Crippen LogP contribution in [-0.4, -0.2) is 24.1 Å². The molecule has 0 N–H and O–H groups in total. The quantitative estimate of drug-likeness (QED) is 0.488. The highest BCUT2D eigenvalue weighted by atomic mass is 19.1. The molecule has 0 aliphatic heterocycles. The van der Waals surface area contributed by atoms with Crippen LogP contribution in [0.1, 0.15) is 5.56 Å². The Kier molecular flexibility index (Phi) is 3.72. The smallest absolute Gasteiger partial charge is 0.262 e. The van der Waals surface area contributed by atoms with Crippen LogP contribution in [0.2, 0.25) is 0 Å². The summed E-state index contributed by atoms with van der Waals surface area (Å²) in [7, 11) is 0. The van der Waals surface area contributed by atoms with Gasteiger partial charge in [0.1, 0.15) is 12.1 Å². The average Bonchev–Trinajstić information content (AvgIpc) is 3.18. The first-order valence-electron chi connectivity index (χ1n) is 8.73. The van der Waals surface area contributed by atoms with Crippen LogP contribution < -0.4 is 5.56 Å². The SMILES string of the molecule is O=c1c2c(-c3ccc(F)cc3)n3ncnc3nc2ccn1Cc1ccccc1. The van der Waals surface area contributed by atoms with Gasteiger partial charge in [0.25, 0.3) is 11.3 Å². The second-order valence-electron chi connectivity index (χ2n) is 6.43. The summed E-state index contributed by atoms with van der Waals surface area (Å²) in [6, 6.07) is 17.5. The topological polar surface area (TPSA) is 65.1 Å². The molecule has 0 bridgehead atoms. The van der Waals surface area contributed by atoms with Gasteiger partial charge in [0.2, 0.25) is 0 Å². The van der Waals surface area contributed by atoms with Crippen molar-refractivity contribution in [1.82, 2.24) is 24.1 Å². The molecule has 0 aliphatic carbocycles. The van der Waals surface area contributed by atoms with Crippen molar-refractivity contribution in [2.45, 2.75) is 6.54 Å². The summed E-state index contributed by atoms with van der Waals surface area (Å²) in [6.45, 7) is 0.438. The molecule has 0 atom stereocenters. The Morgan fingerprint density at radius 2 is 1.75 bits per heavy atom. The number of benzene rings is 2. The van der Waals surface area contributed by atoms with E-state index in [1.807, 2.05) is 30.3 Å². The maximum absolute atomic E-state index is 13.4. The Balaban J connectivity index is 1.81. The Morgan fingerprint density at radius 1 is 0.964 bits per heavy atom. The van der Waals surface area contributed by atoms with Crippen LogP contribution >= 0.6 is 0 Å². The van der Waals surface area contributed by atoms with E-state index >= 15 is 0 Å². The third kappa shape index (κ3) is 2.64. The van der Waals surface area contributed by atoms with E-state index in [9.17, 15) is 9.18 Å². The Hall–Kier alpha value is -3.87. The van der Waals surface area contributed by atoms with Crippen molar-refractivity contribution in [3.05, 3.63) is 94.9 Å². The lowest BCUT2D eigenvalue weighted by Crippen LogP contribution is -2.22. The number of pyridine rings is 1. The second-order valence-corrected chi connectivity index (χ2v) is 6.43. The lowest BCUT2D eigenvalue weighted by molar-refractivity contribution is 0.628. The Labute approximate surface area is 158 Å². The predicted octanol–water partition coefficient (Wildman–Crippen LogP) is 3.29. The molecule has 6 nitrogen and oxygen atoms in total. The van der Waals surface area contributed by atoms with Crippen molar-refractivity contribution in [2.24, 2.45) is 0 Å². The van der Waals surface area contributed by atoms with E-state index in [1.54, 1.807) is 29.0 Å². The van der Waals surface area contributed by atoms with E-state index in [1.165, 1.54) is 23.0 Å². The summed E-state index contributed by atoms with van der Waals surface area (Å²) in [5.41, 5.74) is 2.56. The van der Waals surface area contributed by atoms with Gasteiger partial charge >= 0.3 is 0 Å². The minimum absolute atomic E-state index is 0.189. The predicted molar refractivity (Wildman–Crippen MR) is 103 cm³/mol. The molecule has 0 amide bonds. The number of hydrogen-bond donors (Lipinski definition) is 0. The number of hydrogen-bond acceptors (Lipinski definition) is 4. The van der Waals surface area contributed by atoms with Gasteiger partial charge in [-0.3, -0.25) is 4.79 Å². The van der Waals surface area contributed by atoms with Crippen molar-refractivity contribution in [2.75, 3.05) is 0 Å². The third-order valence-electron chi connectivity index (χ3n) is 4.66. The lowest BCUT2D eigenvalue weighted by Gasteiger charge is -2.11. The summed E-state index contributed by atoms with van der Waals surface area (Å²) >= 11 is 0. The molecular weight excluding hydrogens is 357 g/mol.